The van der Waals surface area contributed by atoms with Gasteiger partial charge in [-0.2, -0.15) is 15.0 Å². The molecule has 4 aromatic rings. The molecule has 0 saturated heterocycles. The van der Waals surface area contributed by atoms with Crippen molar-refractivity contribution in [1.82, 2.24) is 19.9 Å². The van der Waals surface area contributed by atoms with E-state index in [2.05, 4.69) is 68.2 Å². The van der Waals surface area contributed by atoms with Crippen molar-refractivity contribution in [2.75, 3.05) is 22.9 Å². The lowest BCUT2D eigenvalue weighted by molar-refractivity contribution is 0.702. The molecule has 5 rings (SSSR count). The van der Waals surface area contributed by atoms with Gasteiger partial charge in [0.15, 0.2) is 5.65 Å². The van der Waals surface area contributed by atoms with Gasteiger partial charge in [-0.3, -0.25) is 0 Å². The highest BCUT2D eigenvalue weighted by molar-refractivity contribution is 5.86. The van der Waals surface area contributed by atoms with Crippen LogP contribution in [0.4, 0.5) is 17.7 Å². The highest BCUT2D eigenvalue weighted by Gasteiger charge is 2.26. The van der Waals surface area contributed by atoms with Crippen LogP contribution < -0.4 is 16.4 Å². The Hall–Kier alpha value is -3.48. The zero-order chi connectivity index (χ0) is 20.7. The molecular weight excluding hydrogens is 374 g/mol. The quantitative estimate of drug-likeness (QED) is 0.509. The van der Waals surface area contributed by atoms with Gasteiger partial charge in [0.05, 0.1) is 5.39 Å². The fourth-order valence-corrected chi connectivity index (χ4v) is 3.81. The van der Waals surface area contributed by atoms with Gasteiger partial charge in [-0.15, -0.1) is 0 Å². The SMILES string of the molecule is CCc1ccc2ccc(CN(CC3CC3)c3ncc4c(N)nc(N)nc4n3)cc2c1. The Balaban J connectivity index is 1.50. The monoisotopic (exact) mass is 399 g/mol. The first-order chi connectivity index (χ1) is 14.6. The highest BCUT2D eigenvalue weighted by atomic mass is 15.3. The smallest absolute Gasteiger partial charge is 0.227 e. The van der Waals surface area contributed by atoms with Crippen LogP contribution in [-0.2, 0) is 13.0 Å². The second-order valence-electron chi connectivity index (χ2n) is 8.07. The topological polar surface area (TPSA) is 107 Å². The fourth-order valence-electron chi connectivity index (χ4n) is 3.81. The summed E-state index contributed by atoms with van der Waals surface area (Å²) in [5, 5.41) is 3.15. The number of nitrogen functional groups attached to an aromatic ring is 2. The third-order valence-corrected chi connectivity index (χ3v) is 5.70. The molecule has 1 saturated carbocycles. The Morgan fingerprint density at radius 3 is 2.50 bits per heavy atom. The Kier molecular flexibility index (Phi) is 4.58. The molecule has 1 aliphatic carbocycles. The Labute approximate surface area is 175 Å². The van der Waals surface area contributed by atoms with E-state index in [-0.39, 0.29) is 5.95 Å². The average Bonchev–Trinajstić information content (AvgIpc) is 3.56. The molecule has 0 amide bonds. The van der Waals surface area contributed by atoms with Crippen LogP contribution in [0.2, 0.25) is 0 Å². The first-order valence-corrected chi connectivity index (χ1v) is 10.4. The lowest BCUT2D eigenvalue weighted by atomic mass is 10.0. The van der Waals surface area contributed by atoms with Gasteiger partial charge in [-0.25, -0.2) is 4.98 Å². The first-order valence-electron chi connectivity index (χ1n) is 10.4. The molecule has 4 N–H and O–H groups in total. The highest BCUT2D eigenvalue weighted by Crippen LogP contribution is 2.32. The Morgan fingerprint density at radius 2 is 1.73 bits per heavy atom. The van der Waals surface area contributed by atoms with Gasteiger partial charge in [0, 0.05) is 19.3 Å². The molecule has 0 atom stereocenters. The largest absolute Gasteiger partial charge is 0.383 e. The number of rotatable bonds is 6. The Bertz CT molecular complexity index is 1230. The maximum atomic E-state index is 5.95. The normalized spacial score (nSPS) is 13.8. The standard InChI is InChI=1S/C23H25N7/c1-2-14-5-7-17-8-6-16(10-18(17)9-14)13-30(12-15-3-4-15)23-26-11-19-20(24)27-22(25)28-21(19)29-23/h5-11,15H,2-4,12-13H2,1H3,(H4,24,25,26,27,28,29). The molecule has 0 spiro atoms. The fraction of sp³-hybridized carbons (Fsp3) is 0.304. The van der Waals surface area contributed by atoms with E-state index < -0.39 is 0 Å². The number of anilines is 3. The molecule has 2 heterocycles. The van der Waals surface area contributed by atoms with Gasteiger partial charge >= 0.3 is 0 Å². The van der Waals surface area contributed by atoms with Gasteiger partial charge in [0.1, 0.15) is 5.82 Å². The summed E-state index contributed by atoms with van der Waals surface area (Å²) >= 11 is 0. The number of nitrogens with zero attached hydrogens (tertiary/aromatic N) is 5. The summed E-state index contributed by atoms with van der Waals surface area (Å²) in [5.74, 6) is 1.77. The molecule has 1 aliphatic rings. The summed E-state index contributed by atoms with van der Waals surface area (Å²) < 4.78 is 0. The molecule has 1 fully saturated rings. The molecule has 7 nitrogen and oxygen atoms in total. The minimum absolute atomic E-state index is 0.125. The van der Waals surface area contributed by atoms with Crippen LogP contribution >= 0.6 is 0 Å². The molecule has 0 unspecified atom stereocenters. The van der Waals surface area contributed by atoms with E-state index in [0.29, 0.717) is 28.7 Å². The predicted molar refractivity (Wildman–Crippen MR) is 121 cm³/mol. The number of aromatic nitrogens is 4. The minimum atomic E-state index is 0.125. The number of nitrogens with two attached hydrogens (primary N) is 2. The molecule has 152 valence electrons. The summed E-state index contributed by atoms with van der Waals surface area (Å²) in [5.41, 5.74) is 14.8. The van der Waals surface area contributed by atoms with Crippen LogP contribution in [0.5, 0.6) is 0 Å². The zero-order valence-corrected chi connectivity index (χ0v) is 17.0. The molecule has 0 aliphatic heterocycles. The first kappa shape index (κ1) is 18.5. The van der Waals surface area contributed by atoms with E-state index in [9.17, 15) is 0 Å². The molecule has 0 bridgehead atoms. The number of hydrogen-bond donors (Lipinski definition) is 2. The number of fused-ring (bicyclic) bond motifs is 2. The van der Waals surface area contributed by atoms with E-state index in [0.717, 1.165) is 19.5 Å². The number of hydrogen-bond acceptors (Lipinski definition) is 7. The van der Waals surface area contributed by atoms with E-state index in [1.165, 1.54) is 34.7 Å². The van der Waals surface area contributed by atoms with Crippen LogP contribution in [0.15, 0.2) is 42.6 Å². The lowest BCUT2D eigenvalue weighted by Crippen LogP contribution is -2.27. The summed E-state index contributed by atoms with van der Waals surface area (Å²) in [6, 6.07) is 13.3. The summed E-state index contributed by atoms with van der Waals surface area (Å²) in [7, 11) is 0. The van der Waals surface area contributed by atoms with Crippen molar-refractivity contribution in [2.45, 2.75) is 32.7 Å². The second kappa shape index (κ2) is 7.40. The maximum Gasteiger partial charge on any atom is 0.227 e. The van der Waals surface area contributed by atoms with Gasteiger partial charge < -0.3 is 16.4 Å². The van der Waals surface area contributed by atoms with E-state index in [1.807, 2.05) is 0 Å². The summed E-state index contributed by atoms with van der Waals surface area (Å²) in [4.78, 5) is 19.7. The van der Waals surface area contributed by atoms with E-state index in [4.69, 9.17) is 11.5 Å². The van der Waals surface area contributed by atoms with Crippen LogP contribution in [0, 0.1) is 5.92 Å². The number of aryl methyl sites for hydroxylation is 1. The van der Waals surface area contributed by atoms with Crippen molar-refractivity contribution >= 4 is 39.5 Å². The summed E-state index contributed by atoms with van der Waals surface area (Å²) in [6.07, 6.45) is 5.24. The van der Waals surface area contributed by atoms with Gasteiger partial charge in [-0.1, -0.05) is 37.3 Å². The van der Waals surface area contributed by atoms with E-state index >= 15 is 0 Å². The van der Waals surface area contributed by atoms with Crippen LogP contribution in [0.3, 0.4) is 0 Å². The predicted octanol–water partition coefficient (Wildman–Crippen LogP) is 3.72. The van der Waals surface area contributed by atoms with Gasteiger partial charge in [-0.05, 0) is 53.1 Å². The average molecular weight is 400 g/mol. The molecular formula is C23H25N7. The Morgan fingerprint density at radius 1 is 0.967 bits per heavy atom. The van der Waals surface area contributed by atoms with Crippen molar-refractivity contribution < 1.29 is 0 Å². The minimum Gasteiger partial charge on any atom is -0.383 e. The number of benzene rings is 2. The molecule has 30 heavy (non-hydrogen) atoms. The summed E-state index contributed by atoms with van der Waals surface area (Å²) in [6.45, 7) is 3.85. The third kappa shape index (κ3) is 3.70. The zero-order valence-electron chi connectivity index (χ0n) is 17.0. The van der Waals surface area contributed by atoms with Gasteiger partial charge in [0.25, 0.3) is 0 Å². The lowest BCUT2D eigenvalue weighted by Gasteiger charge is -2.23. The van der Waals surface area contributed by atoms with E-state index in [1.54, 1.807) is 6.20 Å². The van der Waals surface area contributed by atoms with Gasteiger partial charge in [0.2, 0.25) is 11.9 Å². The van der Waals surface area contributed by atoms with Crippen molar-refractivity contribution in [3.63, 3.8) is 0 Å². The van der Waals surface area contributed by atoms with Crippen molar-refractivity contribution in [1.29, 1.82) is 0 Å². The van der Waals surface area contributed by atoms with Crippen molar-refractivity contribution in [2.24, 2.45) is 5.92 Å². The van der Waals surface area contributed by atoms with Crippen LogP contribution in [-0.4, -0.2) is 26.5 Å². The molecule has 0 radical (unpaired) electrons. The third-order valence-electron chi connectivity index (χ3n) is 5.70. The van der Waals surface area contributed by atoms with Crippen molar-refractivity contribution in [3.8, 4) is 0 Å². The van der Waals surface area contributed by atoms with Crippen molar-refractivity contribution in [3.05, 3.63) is 53.7 Å². The molecule has 2 aromatic heterocycles. The maximum absolute atomic E-state index is 5.95. The molecule has 2 aromatic carbocycles. The second-order valence-corrected chi connectivity index (χ2v) is 8.07. The van der Waals surface area contributed by atoms with Crippen LogP contribution in [0.1, 0.15) is 30.9 Å². The van der Waals surface area contributed by atoms with Crippen LogP contribution in [0.25, 0.3) is 21.8 Å². The molecule has 7 heteroatoms.